The molecule has 1 rings (SSSR count). The van der Waals surface area contributed by atoms with E-state index in [0.29, 0.717) is 6.41 Å². The molecule has 0 saturated heterocycles. The zero-order valence-corrected chi connectivity index (χ0v) is 6.80. The number of nitrogens with zero attached hydrogens (tertiary/aromatic N) is 3. The van der Waals surface area contributed by atoms with Gasteiger partial charge >= 0.3 is 5.69 Å². The molecule has 1 heterocycles. The number of nitrogens with one attached hydrogen (secondary N) is 2. The summed E-state index contributed by atoms with van der Waals surface area (Å²) in [6.07, 6.45) is 1.35. The molecule has 1 aromatic rings. The van der Waals surface area contributed by atoms with Crippen LogP contribution >= 0.6 is 0 Å². The Kier molecular flexibility index (Phi) is 2.74. The van der Waals surface area contributed by atoms with Crippen molar-refractivity contribution in [3.8, 4) is 0 Å². The molecule has 0 bridgehead atoms. The second kappa shape index (κ2) is 3.98. The zero-order valence-electron chi connectivity index (χ0n) is 6.80. The van der Waals surface area contributed by atoms with E-state index in [1.807, 2.05) is 5.43 Å². The maximum absolute atomic E-state index is 10.5. The van der Waals surface area contributed by atoms with E-state index in [-0.39, 0.29) is 11.6 Å². The molecule has 0 aromatic carbocycles. The second-order valence-electron chi connectivity index (χ2n) is 2.10. The molecule has 0 aliphatic heterocycles. The van der Waals surface area contributed by atoms with Crippen LogP contribution in [0.4, 0.5) is 17.3 Å². The molecule has 0 aliphatic rings. The summed E-state index contributed by atoms with van der Waals surface area (Å²) in [5, 5.41) is 10.5. The van der Waals surface area contributed by atoms with Gasteiger partial charge in [0.05, 0.1) is 4.92 Å². The van der Waals surface area contributed by atoms with Gasteiger partial charge in [0.1, 0.15) is 6.33 Å². The first kappa shape index (κ1) is 9.64. The number of rotatable bonds is 4. The first-order chi connectivity index (χ1) is 6.66. The van der Waals surface area contributed by atoms with E-state index in [1.54, 1.807) is 0 Å². The summed E-state index contributed by atoms with van der Waals surface area (Å²) in [5.41, 5.74) is 8.96. The molecule has 74 valence electrons. The molecular weight excluding hydrogens is 192 g/mol. The van der Waals surface area contributed by atoms with Gasteiger partial charge in [0, 0.05) is 0 Å². The van der Waals surface area contributed by atoms with Crippen molar-refractivity contribution in [2.45, 2.75) is 0 Å². The highest BCUT2D eigenvalue weighted by atomic mass is 16.6. The molecule has 0 spiro atoms. The second-order valence-corrected chi connectivity index (χ2v) is 2.10. The molecule has 1 aromatic heterocycles. The lowest BCUT2D eigenvalue weighted by molar-refractivity contribution is -0.383. The van der Waals surface area contributed by atoms with Crippen LogP contribution in [0.15, 0.2) is 6.33 Å². The van der Waals surface area contributed by atoms with Gasteiger partial charge in [0.15, 0.2) is 0 Å². The minimum atomic E-state index is -0.746. The number of anilines is 2. The summed E-state index contributed by atoms with van der Waals surface area (Å²) in [7, 11) is 0. The van der Waals surface area contributed by atoms with Crippen LogP contribution in [0.5, 0.6) is 0 Å². The van der Waals surface area contributed by atoms with E-state index in [2.05, 4.69) is 15.4 Å². The highest BCUT2D eigenvalue weighted by molar-refractivity contribution is 5.68. The Bertz CT molecular complexity index is 366. The molecule has 14 heavy (non-hydrogen) atoms. The number of amides is 1. The largest absolute Gasteiger partial charge is 0.378 e. The van der Waals surface area contributed by atoms with Crippen LogP contribution in [0, 0.1) is 10.1 Å². The van der Waals surface area contributed by atoms with Crippen molar-refractivity contribution >= 4 is 23.7 Å². The van der Waals surface area contributed by atoms with Crippen molar-refractivity contribution in [2.75, 3.05) is 11.2 Å². The van der Waals surface area contributed by atoms with Gasteiger partial charge < -0.3 is 5.73 Å². The summed E-state index contributed by atoms with van der Waals surface area (Å²) in [4.78, 5) is 26.6. The highest BCUT2D eigenvalue weighted by Crippen LogP contribution is 2.25. The first-order valence-corrected chi connectivity index (χ1v) is 3.37. The maximum atomic E-state index is 10.5. The van der Waals surface area contributed by atoms with Crippen LogP contribution in [0.25, 0.3) is 0 Å². The van der Waals surface area contributed by atoms with Gasteiger partial charge in [-0.25, -0.2) is 9.97 Å². The minimum absolute atomic E-state index is 0.172. The number of carbonyl (C=O) groups excluding carboxylic acids is 1. The monoisotopic (exact) mass is 198 g/mol. The Morgan fingerprint density at radius 2 is 2.29 bits per heavy atom. The number of hydrazine groups is 1. The van der Waals surface area contributed by atoms with E-state index in [1.165, 1.54) is 0 Å². The lowest BCUT2D eigenvalue weighted by Gasteiger charge is -2.03. The third kappa shape index (κ3) is 1.83. The Morgan fingerprint density at radius 3 is 2.86 bits per heavy atom. The molecule has 0 unspecified atom stereocenters. The normalized spacial score (nSPS) is 9.14. The molecular formula is C5H6N6O3. The summed E-state index contributed by atoms with van der Waals surface area (Å²) in [6.45, 7) is 0. The van der Waals surface area contributed by atoms with Gasteiger partial charge in [-0.15, -0.1) is 0 Å². The molecule has 0 aliphatic carbocycles. The molecule has 4 N–H and O–H groups in total. The van der Waals surface area contributed by atoms with Crippen LogP contribution in [-0.4, -0.2) is 21.3 Å². The van der Waals surface area contributed by atoms with Crippen molar-refractivity contribution in [2.24, 2.45) is 0 Å². The Hall–Kier alpha value is -2.45. The number of nitrogen functional groups attached to an aromatic ring is 1. The van der Waals surface area contributed by atoms with Crippen LogP contribution in [-0.2, 0) is 4.79 Å². The molecule has 9 heteroatoms. The molecule has 0 radical (unpaired) electrons. The van der Waals surface area contributed by atoms with Crippen LogP contribution < -0.4 is 16.6 Å². The van der Waals surface area contributed by atoms with E-state index in [0.717, 1.165) is 6.33 Å². The van der Waals surface area contributed by atoms with Crippen LogP contribution in [0.2, 0.25) is 0 Å². The first-order valence-electron chi connectivity index (χ1n) is 3.37. The lowest BCUT2D eigenvalue weighted by atomic mass is 10.4. The molecule has 0 atom stereocenters. The van der Waals surface area contributed by atoms with Crippen molar-refractivity contribution in [1.29, 1.82) is 0 Å². The third-order valence-electron chi connectivity index (χ3n) is 1.28. The highest BCUT2D eigenvalue weighted by Gasteiger charge is 2.20. The zero-order chi connectivity index (χ0) is 10.6. The Balaban J connectivity index is 3.07. The smallest absolute Gasteiger partial charge is 0.354 e. The predicted molar refractivity (Wildman–Crippen MR) is 45.9 cm³/mol. The average molecular weight is 198 g/mol. The molecule has 0 saturated carbocycles. The fourth-order valence-corrected chi connectivity index (χ4v) is 0.762. The van der Waals surface area contributed by atoms with Crippen molar-refractivity contribution < 1.29 is 9.72 Å². The van der Waals surface area contributed by atoms with Gasteiger partial charge in [-0.05, 0) is 0 Å². The molecule has 9 nitrogen and oxygen atoms in total. The van der Waals surface area contributed by atoms with E-state index < -0.39 is 10.6 Å². The van der Waals surface area contributed by atoms with Gasteiger partial charge in [-0.2, -0.15) is 0 Å². The van der Waals surface area contributed by atoms with Crippen molar-refractivity contribution in [3.05, 3.63) is 16.4 Å². The fourth-order valence-electron chi connectivity index (χ4n) is 0.762. The topological polar surface area (TPSA) is 136 Å². The third-order valence-corrected chi connectivity index (χ3v) is 1.28. The summed E-state index contributed by atoms with van der Waals surface area (Å²) in [6, 6.07) is 0. The number of nitrogens with two attached hydrogens (primary N) is 1. The van der Waals surface area contributed by atoms with E-state index in [4.69, 9.17) is 5.73 Å². The van der Waals surface area contributed by atoms with Crippen molar-refractivity contribution in [3.63, 3.8) is 0 Å². The van der Waals surface area contributed by atoms with Crippen LogP contribution in [0.3, 0.4) is 0 Å². The Labute approximate surface area is 77.5 Å². The number of hydrogen-bond acceptors (Lipinski definition) is 7. The Morgan fingerprint density at radius 1 is 1.57 bits per heavy atom. The summed E-state index contributed by atoms with van der Waals surface area (Å²) < 4.78 is 0. The SMILES string of the molecule is Nc1ncnc(NNC=O)c1[N+](=O)[O-]. The van der Waals surface area contributed by atoms with E-state index >= 15 is 0 Å². The molecule has 1 amide bonds. The van der Waals surface area contributed by atoms with Crippen LogP contribution in [0.1, 0.15) is 0 Å². The standard InChI is InChI=1S/C5H6N6O3/c6-4-3(11(13)14)5(8-1-7-4)10-9-2-12/h1-2H,(H,9,12)(H3,6,7,8,10). The lowest BCUT2D eigenvalue weighted by Crippen LogP contribution is -2.21. The van der Waals surface area contributed by atoms with Gasteiger partial charge in [0.2, 0.25) is 18.0 Å². The number of hydrogen-bond donors (Lipinski definition) is 3. The number of nitro groups is 1. The number of aromatic nitrogens is 2. The van der Waals surface area contributed by atoms with Gasteiger partial charge in [0.25, 0.3) is 0 Å². The van der Waals surface area contributed by atoms with Gasteiger partial charge in [-0.3, -0.25) is 25.8 Å². The maximum Gasteiger partial charge on any atom is 0.354 e. The average Bonchev–Trinajstić information content (AvgIpc) is 2.14. The predicted octanol–water partition coefficient (Wildman–Crippen LogP) is -0.960. The van der Waals surface area contributed by atoms with E-state index in [9.17, 15) is 14.9 Å². The van der Waals surface area contributed by atoms with Crippen molar-refractivity contribution in [1.82, 2.24) is 15.4 Å². The summed E-state index contributed by atoms with van der Waals surface area (Å²) in [5.74, 6) is -0.449. The van der Waals surface area contributed by atoms with Gasteiger partial charge in [-0.1, -0.05) is 0 Å². The quantitative estimate of drug-likeness (QED) is 0.322. The number of carbonyl (C=O) groups is 1. The summed E-state index contributed by atoms with van der Waals surface area (Å²) >= 11 is 0. The molecule has 0 fully saturated rings. The fraction of sp³-hybridized carbons (Fsp3) is 0. The minimum Gasteiger partial charge on any atom is -0.378 e.